The van der Waals surface area contributed by atoms with Crippen molar-refractivity contribution in [3.63, 3.8) is 0 Å². The van der Waals surface area contributed by atoms with Gasteiger partial charge in [0.15, 0.2) is 37.0 Å². The molecule has 1 amide bonds. The van der Waals surface area contributed by atoms with Crippen LogP contribution in [-0.4, -0.2) is 247 Å². The van der Waals surface area contributed by atoms with Gasteiger partial charge in [0.25, 0.3) is 5.79 Å². The molecule has 0 radical (unpaired) electrons. The lowest BCUT2D eigenvalue weighted by Crippen LogP contribution is -2.72. The first-order valence-electron chi connectivity index (χ1n) is 34.0. The number of methoxy groups -OCH3 is 1. The van der Waals surface area contributed by atoms with Crippen molar-refractivity contribution in [1.29, 1.82) is 0 Å². The van der Waals surface area contributed by atoms with E-state index in [1.165, 1.54) is 79.7 Å². The lowest BCUT2D eigenvalue weighted by molar-refractivity contribution is -0.382. The molecule has 31 heteroatoms. The Kier molecular flexibility index (Phi) is 31.0. The topological polar surface area (TPSA) is 405 Å². The number of amides is 1. The number of hydrogen-bond donors (Lipinski definition) is 5. The number of aliphatic hydroxyl groups is 4. The van der Waals surface area contributed by atoms with Gasteiger partial charge in [-0.15, -0.1) is 0 Å². The van der Waals surface area contributed by atoms with Crippen LogP contribution in [-0.2, 0) is 105 Å². The van der Waals surface area contributed by atoms with Crippen molar-refractivity contribution in [2.24, 2.45) is 0 Å². The number of piperidine rings is 1. The molecule has 4 aliphatic rings. The van der Waals surface area contributed by atoms with E-state index in [0.29, 0.717) is 6.42 Å². The number of esters is 9. The van der Waals surface area contributed by atoms with Gasteiger partial charge in [-0.2, -0.15) is 0 Å². The van der Waals surface area contributed by atoms with Gasteiger partial charge in [0, 0.05) is 48.1 Å². The van der Waals surface area contributed by atoms with Crippen LogP contribution in [0.3, 0.4) is 0 Å². The summed E-state index contributed by atoms with van der Waals surface area (Å²) in [7, 11) is 0.862. The van der Waals surface area contributed by atoms with Gasteiger partial charge < -0.3 is 96.8 Å². The molecule has 4 saturated heterocycles. The molecule has 3 aromatic carbocycles. The third kappa shape index (κ3) is 22.2. The quantitative estimate of drug-likeness (QED) is 0.0332. The monoisotopic (exact) mass is 1440 g/mol. The molecule has 3 aromatic rings. The molecule has 0 aliphatic carbocycles. The highest BCUT2D eigenvalue weighted by Crippen LogP contribution is 2.43. The lowest BCUT2D eigenvalue weighted by atomic mass is 9.87. The van der Waals surface area contributed by atoms with Crippen molar-refractivity contribution in [2.45, 2.75) is 235 Å². The van der Waals surface area contributed by atoms with Gasteiger partial charge in [0.1, 0.15) is 74.3 Å². The van der Waals surface area contributed by atoms with Crippen molar-refractivity contribution >= 4 is 59.6 Å². The molecule has 562 valence electrons. The number of ether oxygens (including phenoxy) is 15. The van der Waals surface area contributed by atoms with E-state index in [2.05, 4.69) is 12.2 Å². The lowest BCUT2D eigenvalue weighted by Gasteiger charge is -2.53. The minimum Gasteiger partial charge on any atom is -0.465 e. The fraction of sp³-hybridized carbons (Fsp3) is 0.606. The zero-order chi connectivity index (χ0) is 74.4. The highest BCUT2D eigenvalue weighted by atomic mass is 16.8. The fourth-order valence-corrected chi connectivity index (χ4v) is 12.7. The van der Waals surface area contributed by atoms with Gasteiger partial charge in [-0.1, -0.05) is 106 Å². The summed E-state index contributed by atoms with van der Waals surface area (Å²) in [5, 5.41) is 48.0. The predicted molar refractivity (Wildman–Crippen MR) is 349 cm³/mol. The third-order valence-electron chi connectivity index (χ3n) is 17.5. The van der Waals surface area contributed by atoms with Crippen LogP contribution in [0.4, 0.5) is 0 Å². The highest BCUT2D eigenvalue weighted by Gasteiger charge is 2.65. The Hall–Kier alpha value is -8.08. The van der Waals surface area contributed by atoms with E-state index in [1.54, 1.807) is 23.1 Å². The number of nitrogens with zero attached hydrogens (tertiary/aromatic N) is 1. The normalized spacial score (nSPS) is 29.2. The summed E-state index contributed by atoms with van der Waals surface area (Å²) in [4.78, 5) is 141. The number of rotatable bonds is 33. The summed E-state index contributed by atoms with van der Waals surface area (Å²) < 4.78 is 93.6. The Morgan fingerprint density at radius 3 is 1.65 bits per heavy atom. The molecule has 31 nitrogen and oxygen atoms in total. The summed E-state index contributed by atoms with van der Waals surface area (Å²) in [6, 6.07) is 19.0. The van der Waals surface area contributed by atoms with Gasteiger partial charge >= 0.3 is 53.7 Å². The second kappa shape index (κ2) is 39.0. The molecule has 7 rings (SSSR count). The zero-order valence-corrected chi connectivity index (χ0v) is 58.5. The van der Waals surface area contributed by atoms with Crippen molar-refractivity contribution < 1.29 is 139 Å². The molecule has 0 bridgehead atoms. The van der Waals surface area contributed by atoms with Crippen LogP contribution in [0.5, 0.6) is 0 Å². The Balaban J connectivity index is 1.52. The second-order valence-electron chi connectivity index (χ2n) is 25.2. The average molecular weight is 1440 g/mol. The highest BCUT2D eigenvalue weighted by molar-refractivity contribution is 5.91. The van der Waals surface area contributed by atoms with E-state index in [-0.39, 0.29) is 29.8 Å². The first-order valence-corrected chi connectivity index (χ1v) is 34.0. The van der Waals surface area contributed by atoms with Crippen LogP contribution in [0.25, 0.3) is 0 Å². The largest absolute Gasteiger partial charge is 0.465 e. The Bertz CT molecular complexity index is 3260. The van der Waals surface area contributed by atoms with Crippen LogP contribution >= 0.6 is 0 Å². The van der Waals surface area contributed by atoms with Gasteiger partial charge in [0.05, 0.1) is 55.0 Å². The number of hydrogen-bond acceptors (Lipinski definition) is 30. The van der Waals surface area contributed by atoms with Crippen LogP contribution in [0, 0.1) is 0 Å². The Labute approximate surface area is 590 Å². The summed E-state index contributed by atoms with van der Waals surface area (Å²) in [6.45, 7) is 6.85. The van der Waals surface area contributed by atoms with Crippen molar-refractivity contribution in [2.75, 3.05) is 40.0 Å². The van der Waals surface area contributed by atoms with Gasteiger partial charge in [-0.3, -0.25) is 33.7 Å². The van der Waals surface area contributed by atoms with E-state index >= 15 is 9.59 Å². The number of carbonyl (C=O) groups is 10. The minimum absolute atomic E-state index is 0.00176. The zero-order valence-electron chi connectivity index (χ0n) is 58.5. The number of benzene rings is 3. The first kappa shape index (κ1) is 81.2. The first-order chi connectivity index (χ1) is 48.7. The maximum Gasteiger partial charge on any atom is 0.366 e. The third-order valence-corrected chi connectivity index (χ3v) is 17.5. The SMILES string of the molecule is CCCCCCCCCCN1C[C@H](OC(C)=O)[C@@H](O[C@@H]2O[C@H](COC(=O)c3ccccc3)[C@H](OC(=O)c3ccccc3)[C@H](O[C@]3(C(=O)OC)C[C@H](OC(C)=O)[C@@H](NC(C)=O)[C@H]([C@H](OC(C)=O)[C@@H](COC(C)=O)OC(C)=O)O3)[C@H]2OC(=O)c2ccccc2)[C@H](O[C@@H]2O[C@@H](C)[C@@H](O)[C@@H](O)[C@@H]2O)[C@H]1CO. The summed E-state index contributed by atoms with van der Waals surface area (Å²) in [5.41, 5.74) is -0.308. The minimum atomic E-state index is -3.26. The van der Waals surface area contributed by atoms with Gasteiger partial charge in [0.2, 0.25) is 5.91 Å². The molecule has 4 aliphatic heterocycles. The van der Waals surface area contributed by atoms with E-state index in [1.807, 2.05) is 0 Å². The molecule has 4 fully saturated rings. The Morgan fingerprint density at radius 1 is 0.578 bits per heavy atom. The fourth-order valence-electron chi connectivity index (χ4n) is 12.7. The molecular formula is C71H94N2O29. The van der Waals surface area contributed by atoms with Crippen molar-refractivity contribution in [1.82, 2.24) is 10.2 Å². The van der Waals surface area contributed by atoms with Crippen molar-refractivity contribution in [3.05, 3.63) is 108 Å². The molecule has 20 atom stereocenters. The molecule has 0 spiro atoms. The summed E-state index contributed by atoms with van der Waals surface area (Å²) in [5.74, 6) is -14.1. The molecular weight excluding hydrogens is 1340 g/mol. The standard InChI is InChI=1S/C71H94N2O29/c1-10-11-12-13-14-15-16-26-33-73-35-51(93-43(6)78)59(58(49(73)36-74)99-68-57(83)56(82)55(81)39(2)91-68)100-69-64(98-67(86)48-31-24-19-25-32-48)63(61(97-66(85)47-29-22-18-23-30-47)53(96-69)38-90-65(84)46-27-20-17-21-28-46)102-71(70(87)88-9)34-50(92-42(5)77)54(72-40(3)75)62(101-71)60(95-45(8)80)52(94-44(7)79)37-89-41(4)76/h17-25,27-32,39,49-64,68-69,74,81-83H,10-16,26,33-38H2,1-9H3,(H,72,75)/t39-,49+,50-,51-,52+,53+,54+,55+,56+,57-,58+,59+,60+,61-,62+,63-,64+,68-,69-,71-/m0/s1. The molecule has 0 unspecified atom stereocenters. The van der Waals surface area contributed by atoms with Crippen LogP contribution in [0.2, 0.25) is 0 Å². The molecule has 0 saturated carbocycles. The molecule has 102 heavy (non-hydrogen) atoms. The van der Waals surface area contributed by atoms with Crippen molar-refractivity contribution in [3.8, 4) is 0 Å². The Morgan fingerprint density at radius 2 is 1.12 bits per heavy atom. The average Bonchev–Trinajstić information content (AvgIpc) is 0.743. The maximum absolute atomic E-state index is 15.5. The molecule has 0 aromatic heterocycles. The number of unbranched alkanes of at least 4 members (excludes halogenated alkanes) is 7. The van der Waals surface area contributed by atoms with E-state index in [4.69, 9.17) is 71.1 Å². The second-order valence-corrected chi connectivity index (χ2v) is 25.2. The maximum atomic E-state index is 15.5. The summed E-state index contributed by atoms with van der Waals surface area (Å²) in [6.07, 6.45) is -26.6. The summed E-state index contributed by atoms with van der Waals surface area (Å²) >= 11 is 0. The van der Waals surface area contributed by atoms with Gasteiger partial charge in [-0.05, 0) is 56.3 Å². The number of nitrogens with one attached hydrogen (secondary N) is 1. The van der Waals surface area contributed by atoms with Crippen LogP contribution in [0.15, 0.2) is 91.0 Å². The molecule has 4 heterocycles. The van der Waals surface area contributed by atoms with Crippen LogP contribution in [0.1, 0.15) is 144 Å². The number of carbonyl (C=O) groups excluding carboxylic acids is 10. The number of likely N-dealkylation sites (tertiary alicyclic amines) is 1. The number of aliphatic hydroxyl groups excluding tert-OH is 4. The van der Waals surface area contributed by atoms with E-state index in [0.717, 1.165) is 93.6 Å². The van der Waals surface area contributed by atoms with E-state index < -0.39 is 208 Å². The predicted octanol–water partition coefficient (Wildman–Crippen LogP) is 3.27. The van der Waals surface area contributed by atoms with Gasteiger partial charge in [-0.25, -0.2) is 19.2 Å². The molecule has 5 N–H and O–H groups in total. The van der Waals surface area contributed by atoms with Crippen LogP contribution < -0.4 is 5.32 Å². The smallest absolute Gasteiger partial charge is 0.366 e. The van der Waals surface area contributed by atoms with E-state index in [9.17, 15) is 58.8 Å².